The van der Waals surface area contributed by atoms with Gasteiger partial charge in [-0.3, -0.25) is 4.79 Å². The minimum Gasteiger partial charge on any atom is -0.321 e. The second kappa shape index (κ2) is 5.12. The fourth-order valence-electron chi connectivity index (χ4n) is 1.68. The summed E-state index contributed by atoms with van der Waals surface area (Å²) in [5.74, 6) is 0.402. The fraction of sp³-hybridized carbons (Fsp3) is 0.231. The SMILES string of the molecule is O=C(Nc1ccc(Cl)c(Cl)c1)c1cnc(C2CC2)s1. The summed E-state index contributed by atoms with van der Waals surface area (Å²) < 4.78 is 0. The number of benzene rings is 1. The molecule has 0 saturated heterocycles. The monoisotopic (exact) mass is 312 g/mol. The number of nitrogens with zero attached hydrogens (tertiary/aromatic N) is 1. The molecule has 98 valence electrons. The molecule has 0 unspecified atom stereocenters. The first-order valence-corrected chi connectivity index (χ1v) is 7.43. The molecule has 1 heterocycles. The highest BCUT2D eigenvalue weighted by Gasteiger charge is 2.27. The second-order valence-corrected chi connectivity index (χ2v) is 6.30. The van der Waals surface area contributed by atoms with Gasteiger partial charge in [0.05, 0.1) is 21.2 Å². The third-order valence-corrected chi connectivity index (χ3v) is 4.75. The maximum Gasteiger partial charge on any atom is 0.267 e. The Kier molecular flexibility index (Phi) is 3.48. The van der Waals surface area contributed by atoms with Crippen molar-refractivity contribution in [1.82, 2.24) is 4.98 Å². The molecule has 0 bridgehead atoms. The highest BCUT2D eigenvalue weighted by Crippen LogP contribution is 2.41. The van der Waals surface area contributed by atoms with E-state index in [9.17, 15) is 4.79 Å². The lowest BCUT2D eigenvalue weighted by atomic mass is 10.3. The Balaban J connectivity index is 1.74. The summed E-state index contributed by atoms with van der Waals surface area (Å²) in [4.78, 5) is 17.0. The summed E-state index contributed by atoms with van der Waals surface area (Å²) >= 11 is 13.2. The Hall–Kier alpha value is -1.10. The lowest BCUT2D eigenvalue weighted by molar-refractivity contribution is 0.103. The topological polar surface area (TPSA) is 42.0 Å². The molecule has 0 spiro atoms. The van der Waals surface area contributed by atoms with Crippen LogP contribution in [0.4, 0.5) is 5.69 Å². The van der Waals surface area contributed by atoms with Gasteiger partial charge in [0.1, 0.15) is 4.88 Å². The van der Waals surface area contributed by atoms with Crippen LogP contribution in [0.25, 0.3) is 0 Å². The summed E-state index contributed by atoms with van der Waals surface area (Å²) in [5, 5.41) is 4.73. The van der Waals surface area contributed by atoms with E-state index in [1.807, 2.05) is 0 Å². The highest BCUT2D eigenvalue weighted by atomic mass is 35.5. The van der Waals surface area contributed by atoms with Gasteiger partial charge in [-0.15, -0.1) is 11.3 Å². The Bertz CT molecular complexity index is 637. The molecule has 1 amide bonds. The van der Waals surface area contributed by atoms with Gasteiger partial charge in [-0.2, -0.15) is 0 Å². The zero-order chi connectivity index (χ0) is 13.4. The van der Waals surface area contributed by atoms with Gasteiger partial charge < -0.3 is 5.32 Å². The smallest absolute Gasteiger partial charge is 0.267 e. The van der Waals surface area contributed by atoms with Crippen LogP contribution in [0, 0.1) is 0 Å². The van der Waals surface area contributed by atoms with Gasteiger partial charge >= 0.3 is 0 Å². The van der Waals surface area contributed by atoms with Gasteiger partial charge in [0, 0.05) is 11.6 Å². The van der Waals surface area contributed by atoms with E-state index in [1.165, 1.54) is 24.2 Å². The predicted octanol–water partition coefficient (Wildman–Crippen LogP) is 4.58. The summed E-state index contributed by atoms with van der Waals surface area (Å²) in [6, 6.07) is 5.00. The van der Waals surface area contributed by atoms with Crippen LogP contribution < -0.4 is 5.32 Å². The van der Waals surface area contributed by atoms with Crippen molar-refractivity contribution in [2.24, 2.45) is 0 Å². The molecular formula is C13H10Cl2N2OS. The molecule has 1 N–H and O–H groups in total. The highest BCUT2D eigenvalue weighted by molar-refractivity contribution is 7.13. The molecule has 1 saturated carbocycles. The second-order valence-electron chi connectivity index (χ2n) is 4.42. The zero-order valence-corrected chi connectivity index (χ0v) is 12.1. The number of anilines is 1. The summed E-state index contributed by atoms with van der Waals surface area (Å²) in [6.07, 6.45) is 3.99. The minimum atomic E-state index is -0.164. The van der Waals surface area contributed by atoms with Crippen LogP contribution in [0.15, 0.2) is 24.4 Å². The van der Waals surface area contributed by atoms with Crippen molar-refractivity contribution in [2.45, 2.75) is 18.8 Å². The van der Waals surface area contributed by atoms with Crippen LogP contribution in [0.5, 0.6) is 0 Å². The normalized spacial score (nSPS) is 14.4. The largest absolute Gasteiger partial charge is 0.321 e. The Morgan fingerprint density at radius 2 is 2.11 bits per heavy atom. The molecular weight excluding hydrogens is 303 g/mol. The summed E-state index contributed by atoms with van der Waals surface area (Å²) in [6.45, 7) is 0. The Morgan fingerprint density at radius 3 is 2.79 bits per heavy atom. The van der Waals surface area contributed by atoms with E-state index in [-0.39, 0.29) is 5.91 Å². The molecule has 1 aromatic carbocycles. The van der Waals surface area contributed by atoms with E-state index in [4.69, 9.17) is 23.2 Å². The van der Waals surface area contributed by atoms with Crippen molar-refractivity contribution in [3.8, 4) is 0 Å². The molecule has 19 heavy (non-hydrogen) atoms. The van der Waals surface area contributed by atoms with Crippen LogP contribution >= 0.6 is 34.5 Å². The van der Waals surface area contributed by atoms with Crippen molar-refractivity contribution in [1.29, 1.82) is 0 Å². The Morgan fingerprint density at radius 1 is 1.32 bits per heavy atom. The summed E-state index contributed by atoms with van der Waals surface area (Å²) in [5.41, 5.74) is 0.626. The van der Waals surface area contributed by atoms with Gasteiger partial charge in [0.2, 0.25) is 0 Å². The molecule has 6 heteroatoms. The van der Waals surface area contributed by atoms with E-state index < -0.39 is 0 Å². The number of halogens is 2. The average molecular weight is 313 g/mol. The zero-order valence-electron chi connectivity index (χ0n) is 9.82. The maximum absolute atomic E-state index is 12.0. The molecule has 0 aliphatic heterocycles. The van der Waals surface area contributed by atoms with Crippen molar-refractivity contribution >= 4 is 46.1 Å². The van der Waals surface area contributed by atoms with Gasteiger partial charge in [0.15, 0.2) is 0 Å². The minimum absolute atomic E-state index is 0.164. The summed E-state index contributed by atoms with van der Waals surface area (Å²) in [7, 11) is 0. The molecule has 1 aliphatic rings. The molecule has 3 rings (SSSR count). The lowest BCUT2D eigenvalue weighted by Crippen LogP contribution is -2.09. The van der Waals surface area contributed by atoms with Crippen LogP contribution in [0.3, 0.4) is 0 Å². The van der Waals surface area contributed by atoms with E-state index in [2.05, 4.69) is 10.3 Å². The molecule has 3 nitrogen and oxygen atoms in total. The average Bonchev–Trinajstić information content (AvgIpc) is 3.11. The van der Waals surface area contributed by atoms with Crippen molar-refractivity contribution in [2.75, 3.05) is 5.32 Å². The fourth-order valence-corrected chi connectivity index (χ4v) is 2.96. The number of thiazole rings is 1. The predicted molar refractivity (Wildman–Crippen MR) is 78.5 cm³/mol. The van der Waals surface area contributed by atoms with Gasteiger partial charge in [-0.1, -0.05) is 23.2 Å². The Labute approximate surface area is 124 Å². The third-order valence-electron chi connectivity index (χ3n) is 2.85. The number of amides is 1. The third kappa shape index (κ3) is 2.91. The standard InChI is InChI=1S/C13H10Cl2N2OS/c14-9-4-3-8(5-10(9)15)17-12(18)11-6-16-13(19-11)7-1-2-7/h3-7H,1-2H2,(H,17,18). The number of carbonyl (C=O) groups is 1. The number of nitrogens with one attached hydrogen (secondary N) is 1. The van der Waals surface area contributed by atoms with Crippen LogP contribution in [0.2, 0.25) is 10.0 Å². The van der Waals surface area contributed by atoms with Gasteiger partial charge in [-0.05, 0) is 31.0 Å². The van der Waals surface area contributed by atoms with E-state index in [0.717, 1.165) is 5.01 Å². The first-order chi connectivity index (χ1) is 9.13. The molecule has 1 fully saturated rings. The molecule has 2 aromatic rings. The number of aromatic nitrogens is 1. The number of rotatable bonds is 3. The number of carbonyl (C=O) groups excluding carboxylic acids is 1. The van der Waals surface area contributed by atoms with Gasteiger partial charge in [0.25, 0.3) is 5.91 Å². The lowest BCUT2D eigenvalue weighted by Gasteiger charge is -2.04. The van der Waals surface area contributed by atoms with Gasteiger partial charge in [-0.25, -0.2) is 4.98 Å². The van der Waals surface area contributed by atoms with Crippen LogP contribution in [-0.2, 0) is 0 Å². The van der Waals surface area contributed by atoms with Crippen LogP contribution in [-0.4, -0.2) is 10.9 Å². The first-order valence-electron chi connectivity index (χ1n) is 5.85. The molecule has 0 atom stereocenters. The number of hydrogen-bond donors (Lipinski definition) is 1. The van der Waals surface area contributed by atoms with E-state index in [0.29, 0.717) is 26.5 Å². The number of hydrogen-bond acceptors (Lipinski definition) is 3. The quantitative estimate of drug-likeness (QED) is 0.901. The van der Waals surface area contributed by atoms with E-state index >= 15 is 0 Å². The van der Waals surface area contributed by atoms with Crippen molar-refractivity contribution in [3.05, 3.63) is 44.3 Å². The van der Waals surface area contributed by atoms with Crippen LogP contribution in [0.1, 0.15) is 33.4 Å². The maximum atomic E-state index is 12.0. The molecule has 0 radical (unpaired) electrons. The first kappa shape index (κ1) is 12.9. The van der Waals surface area contributed by atoms with E-state index in [1.54, 1.807) is 24.4 Å². The molecule has 1 aliphatic carbocycles. The van der Waals surface area contributed by atoms with Crippen molar-refractivity contribution < 1.29 is 4.79 Å². The molecule has 1 aromatic heterocycles. The van der Waals surface area contributed by atoms with Crippen molar-refractivity contribution in [3.63, 3.8) is 0 Å².